The van der Waals surface area contributed by atoms with E-state index in [2.05, 4.69) is 10.3 Å². The number of ether oxygens (including phenoxy) is 1. The van der Waals surface area contributed by atoms with E-state index < -0.39 is 12.7 Å². The van der Waals surface area contributed by atoms with Crippen LogP contribution in [0, 0.1) is 5.92 Å². The number of nitrogens with zero attached hydrogens (tertiary/aromatic N) is 3. The predicted octanol–water partition coefficient (Wildman–Crippen LogP) is 2.50. The van der Waals surface area contributed by atoms with Crippen molar-refractivity contribution in [1.82, 2.24) is 14.8 Å². The number of anilines is 1. The summed E-state index contributed by atoms with van der Waals surface area (Å²) in [6.45, 7) is 2.52. The first kappa shape index (κ1) is 20.2. The zero-order valence-electron chi connectivity index (χ0n) is 14.8. The van der Waals surface area contributed by atoms with Crippen molar-refractivity contribution < 1.29 is 22.7 Å². The molecule has 3 heterocycles. The summed E-state index contributed by atoms with van der Waals surface area (Å²) in [6.07, 6.45) is -2.01. The first-order valence-corrected chi connectivity index (χ1v) is 9.25. The molecule has 1 amide bonds. The molecular weight excluding hydrogens is 385 g/mol. The van der Waals surface area contributed by atoms with E-state index in [9.17, 15) is 18.0 Å². The molecule has 0 saturated carbocycles. The predicted molar refractivity (Wildman–Crippen MR) is 95.1 cm³/mol. The average Bonchev–Trinajstić information content (AvgIpc) is 3.06. The third-order valence-electron chi connectivity index (χ3n) is 4.72. The molecule has 2 aliphatic heterocycles. The monoisotopic (exact) mass is 406 g/mol. The zero-order chi connectivity index (χ0) is 19.4. The molecule has 150 valence electrons. The van der Waals surface area contributed by atoms with Gasteiger partial charge in [0, 0.05) is 32.4 Å². The Balaban J connectivity index is 1.52. The van der Waals surface area contributed by atoms with Crippen LogP contribution in [0.3, 0.4) is 0 Å². The van der Waals surface area contributed by atoms with Gasteiger partial charge in [-0.15, -0.1) is 0 Å². The molecule has 0 bridgehead atoms. The largest absolute Gasteiger partial charge is 0.401 e. The van der Waals surface area contributed by atoms with Crippen molar-refractivity contribution in [3.63, 3.8) is 0 Å². The van der Waals surface area contributed by atoms with Gasteiger partial charge in [0.2, 0.25) is 0 Å². The molecule has 2 aliphatic rings. The molecule has 1 aromatic heterocycles. The molecule has 1 unspecified atom stereocenters. The van der Waals surface area contributed by atoms with Crippen molar-refractivity contribution in [1.29, 1.82) is 0 Å². The molecule has 1 atom stereocenters. The van der Waals surface area contributed by atoms with E-state index in [-0.39, 0.29) is 11.8 Å². The number of halogens is 4. The van der Waals surface area contributed by atoms with Crippen molar-refractivity contribution >= 4 is 23.3 Å². The Morgan fingerprint density at radius 2 is 2.07 bits per heavy atom. The molecule has 0 aromatic carbocycles. The molecule has 2 saturated heterocycles. The molecule has 0 radical (unpaired) electrons. The van der Waals surface area contributed by atoms with E-state index in [0.717, 1.165) is 0 Å². The van der Waals surface area contributed by atoms with Crippen molar-refractivity contribution in [3.8, 4) is 0 Å². The Morgan fingerprint density at radius 3 is 2.74 bits per heavy atom. The highest BCUT2D eigenvalue weighted by Crippen LogP contribution is 2.25. The minimum atomic E-state index is -4.17. The maximum absolute atomic E-state index is 12.5. The second kappa shape index (κ2) is 8.62. The molecule has 3 rings (SSSR count). The number of morpholine rings is 1. The average molecular weight is 407 g/mol. The third kappa shape index (κ3) is 5.70. The second-order valence-electron chi connectivity index (χ2n) is 6.84. The number of likely N-dealkylation sites (tertiary alicyclic amines) is 1. The van der Waals surface area contributed by atoms with Gasteiger partial charge < -0.3 is 15.0 Å². The van der Waals surface area contributed by atoms with Crippen molar-refractivity contribution in [2.75, 3.05) is 57.8 Å². The summed E-state index contributed by atoms with van der Waals surface area (Å²) in [5.74, 6) is 0.391. The Bertz CT molecular complexity index is 668. The second-order valence-corrected chi connectivity index (χ2v) is 7.25. The topological polar surface area (TPSA) is 57.7 Å². The van der Waals surface area contributed by atoms with Crippen LogP contribution in [0.4, 0.5) is 19.0 Å². The summed E-state index contributed by atoms with van der Waals surface area (Å²) in [6, 6.07) is 1.57. The van der Waals surface area contributed by atoms with Crippen LogP contribution in [0.5, 0.6) is 0 Å². The van der Waals surface area contributed by atoms with Gasteiger partial charge in [0.15, 0.2) is 0 Å². The van der Waals surface area contributed by atoms with E-state index in [1.165, 1.54) is 11.1 Å². The summed E-state index contributed by atoms with van der Waals surface area (Å²) in [5, 5.41) is 3.41. The Hall–Kier alpha value is -1.58. The molecule has 0 spiro atoms. The minimum Gasteiger partial charge on any atom is -0.378 e. The highest BCUT2D eigenvalue weighted by Gasteiger charge is 2.34. The fourth-order valence-corrected chi connectivity index (χ4v) is 3.58. The Kier molecular flexibility index (Phi) is 6.44. The van der Waals surface area contributed by atoms with Gasteiger partial charge in [0.25, 0.3) is 5.91 Å². The van der Waals surface area contributed by atoms with Crippen LogP contribution in [-0.4, -0.2) is 79.3 Å². The fourth-order valence-electron chi connectivity index (χ4n) is 3.35. The summed E-state index contributed by atoms with van der Waals surface area (Å²) in [7, 11) is 0. The van der Waals surface area contributed by atoms with Crippen molar-refractivity contribution in [2.45, 2.75) is 12.6 Å². The Morgan fingerprint density at radius 1 is 1.33 bits per heavy atom. The number of alkyl halides is 3. The van der Waals surface area contributed by atoms with Gasteiger partial charge in [0.05, 0.1) is 30.3 Å². The number of rotatable bonds is 5. The number of hydrogen-bond donors (Lipinski definition) is 1. The van der Waals surface area contributed by atoms with E-state index in [1.54, 1.807) is 11.0 Å². The number of carbonyl (C=O) groups excluding carboxylic acids is 1. The number of carbonyl (C=O) groups is 1. The molecule has 0 aliphatic carbocycles. The first-order valence-electron chi connectivity index (χ1n) is 8.87. The van der Waals surface area contributed by atoms with Gasteiger partial charge in [-0.3, -0.25) is 9.69 Å². The van der Waals surface area contributed by atoms with Crippen LogP contribution >= 0.6 is 11.6 Å². The lowest BCUT2D eigenvalue weighted by Gasteiger charge is -2.26. The summed E-state index contributed by atoms with van der Waals surface area (Å²) < 4.78 is 42.6. The van der Waals surface area contributed by atoms with Gasteiger partial charge in [-0.25, -0.2) is 4.98 Å². The molecule has 27 heavy (non-hydrogen) atoms. The molecule has 1 aromatic rings. The maximum atomic E-state index is 12.5. The summed E-state index contributed by atoms with van der Waals surface area (Å²) >= 11 is 6.23. The normalized spacial score (nSPS) is 21.5. The van der Waals surface area contributed by atoms with E-state index in [4.69, 9.17) is 16.3 Å². The van der Waals surface area contributed by atoms with Gasteiger partial charge >= 0.3 is 6.18 Å². The lowest BCUT2D eigenvalue weighted by molar-refractivity contribution is -0.143. The molecule has 2 fully saturated rings. The number of amides is 1. The fraction of sp³-hybridized carbons (Fsp3) is 0.647. The Labute approximate surface area is 160 Å². The van der Waals surface area contributed by atoms with E-state index in [0.29, 0.717) is 68.8 Å². The van der Waals surface area contributed by atoms with Gasteiger partial charge in [-0.1, -0.05) is 11.6 Å². The van der Waals surface area contributed by atoms with Crippen LogP contribution in [0.15, 0.2) is 12.3 Å². The SMILES string of the molecule is O=C(c1cnc(NCC2CCN(CC(F)(F)F)C2)c(Cl)c1)N1CCOCC1. The smallest absolute Gasteiger partial charge is 0.378 e. The van der Waals surface area contributed by atoms with E-state index >= 15 is 0 Å². The van der Waals surface area contributed by atoms with E-state index in [1.807, 2.05) is 0 Å². The molecule has 10 heteroatoms. The molecular formula is C17H22ClF3N4O2. The van der Waals surface area contributed by atoms with Gasteiger partial charge in [-0.05, 0) is 24.9 Å². The lowest BCUT2D eigenvalue weighted by Crippen LogP contribution is -2.40. The number of nitrogens with one attached hydrogen (secondary N) is 1. The molecule has 6 nitrogen and oxygen atoms in total. The number of pyridine rings is 1. The van der Waals surface area contributed by atoms with Crippen LogP contribution in [0.1, 0.15) is 16.8 Å². The van der Waals surface area contributed by atoms with Crippen LogP contribution in [0.25, 0.3) is 0 Å². The van der Waals surface area contributed by atoms with Crippen molar-refractivity contribution in [3.05, 3.63) is 22.8 Å². The van der Waals surface area contributed by atoms with Crippen LogP contribution in [-0.2, 0) is 4.74 Å². The maximum Gasteiger partial charge on any atom is 0.401 e. The molecule has 1 N–H and O–H groups in total. The third-order valence-corrected chi connectivity index (χ3v) is 5.01. The van der Waals surface area contributed by atoms with Gasteiger partial charge in [0.1, 0.15) is 5.82 Å². The van der Waals surface area contributed by atoms with Gasteiger partial charge in [-0.2, -0.15) is 13.2 Å². The quantitative estimate of drug-likeness (QED) is 0.814. The van der Waals surface area contributed by atoms with Crippen LogP contribution < -0.4 is 5.32 Å². The zero-order valence-corrected chi connectivity index (χ0v) is 15.5. The van der Waals surface area contributed by atoms with Crippen molar-refractivity contribution in [2.24, 2.45) is 5.92 Å². The minimum absolute atomic E-state index is 0.0971. The standard InChI is InChI=1S/C17H22ClF3N4O2/c18-14-7-13(16(26)25-3-5-27-6-4-25)9-23-15(14)22-8-12-1-2-24(10-12)11-17(19,20)21/h7,9,12H,1-6,8,10-11H2,(H,22,23). The lowest BCUT2D eigenvalue weighted by atomic mass is 10.1. The summed E-state index contributed by atoms with van der Waals surface area (Å²) in [5.41, 5.74) is 0.407. The highest BCUT2D eigenvalue weighted by molar-refractivity contribution is 6.33. The number of hydrogen-bond acceptors (Lipinski definition) is 5. The van der Waals surface area contributed by atoms with Crippen LogP contribution in [0.2, 0.25) is 5.02 Å². The summed E-state index contributed by atoms with van der Waals surface area (Å²) in [4.78, 5) is 19.8. The first-order chi connectivity index (χ1) is 12.8. The number of aromatic nitrogens is 1. The highest BCUT2D eigenvalue weighted by atomic mass is 35.5.